The molecule has 0 radical (unpaired) electrons. The first-order valence-electron chi connectivity index (χ1n) is 5.03. The Morgan fingerprint density at radius 1 is 1.07 bits per heavy atom. The van der Waals surface area contributed by atoms with Crippen LogP contribution in [0.2, 0.25) is 0 Å². The monoisotopic (exact) mass is 216 g/mol. The van der Waals surface area contributed by atoms with Crippen LogP contribution in [0.25, 0.3) is 0 Å². The highest BCUT2D eigenvalue weighted by Crippen LogP contribution is 1.85. The van der Waals surface area contributed by atoms with Gasteiger partial charge in [0, 0.05) is 0 Å². The zero-order valence-corrected chi connectivity index (χ0v) is 9.49. The summed E-state index contributed by atoms with van der Waals surface area (Å²) in [7, 11) is 0. The summed E-state index contributed by atoms with van der Waals surface area (Å²) in [4.78, 5) is 0. The van der Waals surface area contributed by atoms with Crippen molar-refractivity contribution in [3.05, 3.63) is 17.6 Å². The highest BCUT2D eigenvalue weighted by molar-refractivity contribution is 4.90. The minimum absolute atomic E-state index is 0.0522. The van der Waals surface area contributed by atoms with Crippen molar-refractivity contribution in [2.75, 3.05) is 39.6 Å². The van der Waals surface area contributed by atoms with Crippen LogP contribution in [0.15, 0.2) is 17.6 Å². The van der Waals surface area contributed by atoms with Gasteiger partial charge in [0.1, 0.15) is 12.9 Å². The Hall–Kier alpha value is -0.800. The second-order valence-electron chi connectivity index (χ2n) is 3.08. The van der Waals surface area contributed by atoms with E-state index in [-0.39, 0.29) is 6.61 Å². The standard InChI is InChI=1S/C11H20O4/c1-11(2)3-5-13-7-9-15-10-8-14-6-4-12/h5,12H,4,6-10H2,1-2H3. The maximum atomic E-state index is 8.41. The Morgan fingerprint density at radius 2 is 1.67 bits per heavy atom. The predicted octanol–water partition coefficient (Wildman–Crippen LogP) is 1.11. The van der Waals surface area contributed by atoms with Crippen molar-refractivity contribution in [2.45, 2.75) is 13.8 Å². The predicted molar refractivity (Wildman–Crippen MR) is 57.6 cm³/mol. The Labute approximate surface area is 91.1 Å². The van der Waals surface area contributed by atoms with Gasteiger partial charge in [0.05, 0.1) is 33.0 Å². The van der Waals surface area contributed by atoms with Gasteiger partial charge in [-0.1, -0.05) is 5.73 Å². The van der Waals surface area contributed by atoms with Gasteiger partial charge in [-0.2, -0.15) is 0 Å². The molecule has 15 heavy (non-hydrogen) atoms. The van der Waals surface area contributed by atoms with Crippen LogP contribution in [0.1, 0.15) is 13.8 Å². The molecule has 0 rings (SSSR count). The summed E-state index contributed by atoms with van der Waals surface area (Å²) in [6, 6.07) is 0. The quantitative estimate of drug-likeness (QED) is 0.356. The van der Waals surface area contributed by atoms with Crippen LogP contribution in [-0.2, 0) is 14.2 Å². The molecule has 0 heterocycles. The lowest BCUT2D eigenvalue weighted by Gasteiger charge is -2.04. The highest BCUT2D eigenvalue weighted by atomic mass is 16.5. The molecular formula is C11H20O4. The third-order valence-corrected chi connectivity index (χ3v) is 1.38. The maximum absolute atomic E-state index is 8.41. The average molecular weight is 216 g/mol. The van der Waals surface area contributed by atoms with Crippen LogP contribution in [0.3, 0.4) is 0 Å². The Bertz CT molecular complexity index is 191. The number of aliphatic hydroxyl groups excluding tert-OH is 1. The molecule has 0 amide bonds. The van der Waals surface area contributed by atoms with Gasteiger partial charge in [0.15, 0.2) is 0 Å². The van der Waals surface area contributed by atoms with E-state index in [0.717, 1.165) is 5.57 Å². The Balaban J connectivity index is 3.09. The molecule has 88 valence electrons. The second kappa shape index (κ2) is 11.3. The van der Waals surface area contributed by atoms with E-state index in [2.05, 4.69) is 5.73 Å². The van der Waals surface area contributed by atoms with Crippen molar-refractivity contribution in [1.82, 2.24) is 0 Å². The van der Waals surface area contributed by atoms with Gasteiger partial charge in [-0.15, -0.1) is 0 Å². The van der Waals surface area contributed by atoms with E-state index < -0.39 is 0 Å². The first kappa shape index (κ1) is 14.2. The number of aliphatic hydroxyl groups is 1. The number of ether oxygens (including phenoxy) is 3. The van der Waals surface area contributed by atoms with Gasteiger partial charge < -0.3 is 19.3 Å². The zero-order chi connectivity index (χ0) is 11.4. The van der Waals surface area contributed by atoms with Crippen molar-refractivity contribution >= 4 is 0 Å². The maximum Gasteiger partial charge on any atom is 0.125 e. The lowest BCUT2D eigenvalue weighted by atomic mass is 10.4. The highest BCUT2D eigenvalue weighted by Gasteiger charge is 1.88. The molecule has 1 N–H and O–H groups in total. The van der Waals surface area contributed by atoms with Crippen LogP contribution >= 0.6 is 0 Å². The summed E-state index contributed by atoms with van der Waals surface area (Å²) in [5, 5.41) is 8.41. The van der Waals surface area contributed by atoms with Crippen molar-refractivity contribution in [3.8, 4) is 0 Å². The molecule has 4 nitrogen and oxygen atoms in total. The van der Waals surface area contributed by atoms with Crippen molar-refractivity contribution in [2.24, 2.45) is 0 Å². The minimum Gasteiger partial charge on any atom is -0.491 e. The van der Waals surface area contributed by atoms with Gasteiger partial charge in [0.2, 0.25) is 0 Å². The van der Waals surface area contributed by atoms with Crippen molar-refractivity contribution in [3.63, 3.8) is 0 Å². The Kier molecular flexibility index (Phi) is 10.7. The lowest BCUT2D eigenvalue weighted by molar-refractivity contribution is 0.0203. The summed E-state index contributed by atoms with van der Waals surface area (Å²) in [5.74, 6) is 0. The molecule has 0 aromatic heterocycles. The van der Waals surface area contributed by atoms with Crippen LogP contribution in [-0.4, -0.2) is 44.7 Å². The fourth-order valence-electron chi connectivity index (χ4n) is 0.712. The van der Waals surface area contributed by atoms with Gasteiger partial charge in [0.25, 0.3) is 0 Å². The summed E-state index contributed by atoms with van der Waals surface area (Å²) >= 11 is 0. The normalized spacial score (nSPS) is 9.53. The molecule has 0 bridgehead atoms. The smallest absolute Gasteiger partial charge is 0.125 e. The van der Waals surface area contributed by atoms with E-state index in [1.54, 1.807) is 6.26 Å². The summed E-state index contributed by atoms with van der Waals surface area (Å²) in [5.41, 5.74) is 4.00. The molecule has 0 aromatic carbocycles. The SMILES string of the molecule is CC(C)=C=COCCOCCOCCO. The van der Waals surface area contributed by atoms with Crippen LogP contribution < -0.4 is 0 Å². The molecule has 0 aliphatic rings. The topological polar surface area (TPSA) is 47.9 Å². The molecule has 0 aliphatic carbocycles. The van der Waals surface area contributed by atoms with Gasteiger partial charge >= 0.3 is 0 Å². The van der Waals surface area contributed by atoms with Gasteiger partial charge in [-0.3, -0.25) is 0 Å². The van der Waals surface area contributed by atoms with E-state index in [1.807, 2.05) is 13.8 Å². The summed E-state index contributed by atoms with van der Waals surface area (Å²) in [6.45, 7) is 6.40. The molecule has 4 heteroatoms. The fourth-order valence-corrected chi connectivity index (χ4v) is 0.712. The second-order valence-corrected chi connectivity index (χ2v) is 3.08. The molecule has 0 aromatic rings. The molecular weight excluding hydrogens is 196 g/mol. The largest absolute Gasteiger partial charge is 0.491 e. The van der Waals surface area contributed by atoms with Crippen LogP contribution in [0.5, 0.6) is 0 Å². The first-order valence-corrected chi connectivity index (χ1v) is 5.03. The molecule has 0 spiro atoms. The fraction of sp³-hybridized carbons (Fsp3) is 0.727. The molecule has 0 aliphatic heterocycles. The van der Waals surface area contributed by atoms with E-state index in [4.69, 9.17) is 19.3 Å². The molecule has 0 atom stereocenters. The number of rotatable bonds is 9. The molecule has 0 saturated heterocycles. The molecule has 0 fully saturated rings. The van der Waals surface area contributed by atoms with E-state index in [1.165, 1.54) is 0 Å². The number of hydrogen-bond acceptors (Lipinski definition) is 4. The zero-order valence-electron chi connectivity index (χ0n) is 9.49. The summed E-state index contributed by atoms with van der Waals surface area (Å²) < 4.78 is 15.3. The average Bonchev–Trinajstić information content (AvgIpc) is 2.20. The van der Waals surface area contributed by atoms with Crippen LogP contribution in [0, 0.1) is 0 Å². The third kappa shape index (κ3) is 13.2. The first-order chi connectivity index (χ1) is 7.27. The summed E-state index contributed by atoms with van der Waals surface area (Å²) in [6.07, 6.45) is 1.54. The third-order valence-electron chi connectivity index (χ3n) is 1.38. The van der Waals surface area contributed by atoms with Gasteiger partial charge in [-0.25, -0.2) is 0 Å². The minimum atomic E-state index is 0.0522. The van der Waals surface area contributed by atoms with Gasteiger partial charge in [-0.05, 0) is 19.4 Å². The van der Waals surface area contributed by atoms with Crippen molar-refractivity contribution in [1.29, 1.82) is 0 Å². The lowest BCUT2D eigenvalue weighted by Crippen LogP contribution is -2.09. The van der Waals surface area contributed by atoms with Crippen LogP contribution in [0.4, 0.5) is 0 Å². The molecule has 0 saturated carbocycles. The van der Waals surface area contributed by atoms with E-state index in [9.17, 15) is 0 Å². The molecule has 0 unspecified atom stereocenters. The number of allylic oxidation sites excluding steroid dienone is 1. The van der Waals surface area contributed by atoms with E-state index >= 15 is 0 Å². The number of hydrogen-bond donors (Lipinski definition) is 1. The van der Waals surface area contributed by atoms with E-state index in [0.29, 0.717) is 33.0 Å². The van der Waals surface area contributed by atoms with Crippen molar-refractivity contribution < 1.29 is 19.3 Å². The Morgan fingerprint density at radius 3 is 2.27 bits per heavy atom.